The molecule has 0 aliphatic heterocycles. The van der Waals surface area contributed by atoms with E-state index in [0.717, 1.165) is 10.0 Å². The zero-order chi connectivity index (χ0) is 13.8. The molecule has 0 aliphatic rings. The van der Waals surface area contributed by atoms with Crippen LogP contribution in [0.25, 0.3) is 0 Å². The Morgan fingerprint density at radius 1 is 1.21 bits per heavy atom. The van der Waals surface area contributed by atoms with Crippen molar-refractivity contribution in [1.29, 1.82) is 0 Å². The number of nitrogen functional groups attached to an aromatic ring is 1. The SMILES string of the molecule is NC(=O)c1cc(N)ccc1OCc1ccccc1Br. The van der Waals surface area contributed by atoms with Gasteiger partial charge in [0.1, 0.15) is 12.4 Å². The molecule has 0 fully saturated rings. The number of rotatable bonds is 4. The quantitative estimate of drug-likeness (QED) is 0.850. The first-order valence-electron chi connectivity index (χ1n) is 5.63. The van der Waals surface area contributed by atoms with Crippen molar-refractivity contribution in [2.75, 3.05) is 5.73 Å². The summed E-state index contributed by atoms with van der Waals surface area (Å²) in [5.41, 5.74) is 12.7. The molecule has 4 nitrogen and oxygen atoms in total. The van der Waals surface area contributed by atoms with Crippen LogP contribution in [0.3, 0.4) is 0 Å². The molecule has 19 heavy (non-hydrogen) atoms. The maximum atomic E-state index is 11.3. The average molecular weight is 321 g/mol. The lowest BCUT2D eigenvalue weighted by molar-refractivity contribution is 0.0996. The summed E-state index contributed by atoms with van der Waals surface area (Å²) in [6.45, 7) is 0.339. The van der Waals surface area contributed by atoms with E-state index in [2.05, 4.69) is 15.9 Å². The summed E-state index contributed by atoms with van der Waals surface area (Å²) in [4.78, 5) is 11.3. The number of hydrogen-bond acceptors (Lipinski definition) is 3. The van der Waals surface area contributed by atoms with Crippen molar-refractivity contribution in [2.45, 2.75) is 6.61 Å². The molecule has 0 aromatic heterocycles. The number of ether oxygens (including phenoxy) is 1. The van der Waals surface area contributed by atoms with Gasteiger partial charge < -0.3 is 16.2 Å². The fourth-order valence-corrected chi connectivity index (χ4v) is 2.04. The summed E-state index contributed by atoms with van der Waals surface area (Å²) in [6.07, 6.45) is 0. The van der Waals surface area contributed by atoms with Gasteiger partial charge in [-0.1, -0.05) is 34.1 Å². The van der Waals surface area contributed by atoms with Crippen molar-refractivity contribution >= 4 is 27.5 Å². The molecule has 1 amide bonds. The molecule has 0 saturated carbocycles. The molecule has 0 saturated heterocycles. The predicted molar refractivity (Wildman–Crippen MR) is 77.8 cm³/mol. The number of amides is 1. The van der Waals surface area contributed by atoms with Crippen molar-refractivity contribution in [3.05, 3.63) is 58.1 Å². The van der Waals surface area contributed by atoms with Crippen molar-refractivity contribution < 1.29 is 9.53 Å². The van der Waals surface area contributed by atoms with Gasteiger partial charge in [0, 0.05) is 15.7 Å². The number of primary amides is 1. The van der Waals surface area contributed by atoms with Crippen LogP contribution in [0.1, 0.15) is 15.9 Å². The summed E-state index contributed by atoms with van der Waals surface area (Å²) in [7, 11) is 0. The fourth-order valence-electron chi connectivity index (χ4n) is 1.64. The van der Waals surface area contributed by atoms with Gasteiger partial charge >= 0.3 is 0 Å². The monoisotopic (exact) mass is 320 g/mol. The lowest BCUT2D eigenvalue weighted by Crippen LogP contribution is -2.13. The number of anilines is 1. The highest BCUT2D eigenvalue weighted by Gasteiger charge is 2.10. The van der Waals surface area contributed by atoms with Gasteiger partial charge in [0.05, 0.1) is 5.56 Å². The van der Waals surface area contributed by atoms with Gasteiger partial charge in [-0.3, -0.25) is 4.79 Å². The molecule has 2 aromatic rings. The minimum absolute atomic E-state index is 0.284. The Labute approximate surface area is 119 Å². The highest BCUT2D eigenvalue weighted by atomic mass is 79.9. The van der Waals surface area contributed by atoms with Crippen LogP contribution in [0.2, 0.25) is 0 Å². The zero-order valence-electron chi connectivity index (χ0n) is 10.1. The maximum Gasteiger partial charge on any atom is 0.252 e. The summed E-state index contributed by atoms with van der Waals surface area (Å²) in [5, 5.41) is 0. The molecule has 5 heteroatoms. The van der Waals surface area contributed by atoms with Crippen LogP contribution in [-0.4, -0.2) is 5.91 Å². The Kier molecular flexibility index (Phi) is 4.06. The summed E-state index contributed by atoms with van der Waals surface area (Å²) in [5.74, 6) is -0.133. The molecule has 0 aliphatic carbocycles. The minimum atomic E-state index is -0.561. The van der Waals surface area contributed by atoms with Crippen molar-refractivity contribution in [3.63, 3.8) is 0 Å². The Bertz CT molecular complexity index is 614. The second-order valence-electron chi connectivity index (χ2n) is 4.00. The average Bonchev–Trinajstić information content (AvgIpc) is 2.38. The van der Waals surface area contributed by atoms with Crippen LogP contribution in [0.15, 0.2) is 46.9 Å². The number of benzene rings is 2. The van der Waals surface area contributed by atoms with E-state index in [1.54, 1.807) is 12.1 Å². The molecule has 2 rings (SSSR count). The van der Waals surface area contributed by atoms with Gasteiger partial charge in [0.2, 0.25) is 0 Å². The number of halogens is 1. The minimum Gasteiger partial charge on any atom is -0.488 e. The van der Waals surface area contributed by atoms with E-state index in [9.17, 15) is 4.79 Å². The molecule has 0 bridgehead atoms. The molecule has 4 N–H and O–H groups in total. The Hall–Kier alpha value is -2.01. The van der Waals surface area contributed by atoms with Crippen LogP contribution in [-0.2, 0) is 6.61 Å². The van der Waals surface area contributed by atoms with E-state index in [4.69, 9.17) is 16.2 Å². The summed E-state index contributed by atoms with van der Waals surface area (Å²) < 4.78 is 6.58. The number of nitrogens with two attached hydrogens (primary N) is 2. The highest BCUT2D eigenvalue weighted by molar-refractivity contribution is 9.10. The molecule has 0 radical (unpaired) electrons. The van der Waals surface area contributed by atoms with Gasteiger partial charge in [-0.15, -0.1) is 0 Å². The van der Waals surface area contributed by atoms with Gasteiger partial charge in [-0.25, -0.2) is 0 Å². The topological polar surface area (TPSA) is 78.3 Å². The summed E-state index contributed by atoms with van der Waals surface area (Å²) in [6, 6.07) is 12.5. The molecule has 0 atom stereocenters. The molecule has 98 valence electrons. The number of carbonyl (C=O) groups excluding carboxylic acids is 1. The predicted octanol–water partition coefficient (Wildman–Crippen LogP) is 2.71. The van der Waals surface area contributed by atoms with E-state index < -0.39 is 5.91 Å². The van der Waals surface area contributed by atoms with E-state index in [0.29, 0.717) is 18.0 Å². The third-order valence-electron chi connectivity index (χ3n) is 2.61. The van der Waals surface area contributed by atoms with Crippen LogP contribution >= 0.6 is 15.9 Å². The summed E-state index contributed by atoms with van der Waals surface area (Å²) >= 11 is 3.44. The maximum absolute atomic E-state index is 11.3. The molecule has 2 aromatic carbocycles. The third kappa shape index (κ3) is 3.26. The Morgan fingerprint density at radius 2 is 1.95 bits per heavy atom. The first-order valence-corrected chi connectivity index (χ1v) is 6.43. The second-order valence-corrected chi connectivity index (χ2v) is 4.85. The Balaban J connectivity index is 2.20. The van der Waals surface area contributed by atoms with Crippen molar-refractivity contribution in [1.82, 2.24) is 0 Å². The van der Waals surface area contributed by atoms with E-state index >= 15 is 0 Å². The number of hydrogen-bond donors (Lipinski definition) is 2. The molecule has 0 unspecified atom stereocenters. The lowest BCUT2D eigenvalue weighted by atomic mass is 10.1. The largest absolute Gasteiger partial charge is 0.488 e. The van der Waals surface area contributed by atoms with Gasteiger partial charge in [0.25, 0.3) is 5.91 Å². The lowest BCUT2D eigenvalue weighted by Gasteiger charge is -2.11. The molecular formula is C14H13BrN2O2. The number of carbonyl (C=O) groups is 1. The molecule has 0 spiro atoms. The highest BCUT2D eigenvalue weighted by Crippen LogP contribution is 2.23. The first kappa shape index (κ1) is 13.4. The van der Waals surface area contributed by atoms with Crippen LogP contribution in [0, 0.1) is 0 Å². The Morgan fingerprint density at radius 3 is 2.63 bits per heavy atom. The van der Waals surface area contributed by atoms with E-state index in [-0.39, 0.29) is 5.56 Å². The fraction of sp³-hybridized carbons (Fsp3) is 0.0714. The van der Waals surface area contributed by atoms with Crippen LogP contribution < -0.4 is 16.2 Å². The van der Waals surface area contributed by atoms with Crippen LogP contribution in [0.5, 0.6) is 5.75 Å². The third-order valence-corrected chi connectivity index (χ3v) is 3.38. The standard InChI is InChI=1S/C14H13BrN2O2/c15-12-4-2-1-3-9(12)8-19-13-6-5-10(16)7-11(13)14(17)18/h1-7H,8,16H2,(H2,17,18). The van der Waals surface area contributed by atoms with Gasteiger partial charge in [-0.2, -0.15) is 0 Å². The van der Waals surface area contributed by atoms with E-state index in [1.165, 1.54) is 6.07 Å². The smallest absolute Gasteiger partial charge is 0.252 e. The normalized spacial score (nSPS) is 10.2. The zero-order valence-corrected chi connectivity index (χ0v) is 11.7. The van der Waals surface area contributed by atoms with Crippen LogP contribution in [0.4, 0.5) is 5.69 Å². The molecular weight excluding hydrogens is 308 g/mol. The second kappa shape index (κ2) is 5.75. The first-order chi connectivity index (χ1) is 9.08. The van der Waals surface area contributed by atoms with Crippen molar-refractivity contribution in [3.8, 4) is 5.75 Å². The van der Waals surface area contributed by atoms with Gasteiger partial charge in [-0.05, 0) is 24.3 Å². The molecule has 0 heterocycles. The van der Waals surface area contributed by atoms with E-state index in [1.807, 2.05) is 24.3 Å². The van der Waals surface area contributed by atoms with Gasteiger partial charge in [0.15, 0.2) is 0 Å². The van der Waals surface area contributed by atoms with Crippen molar-refractivity contribution in [2.24, 2.45) is 5.73 Å².